The molecule has 1 aromatic heterocycles. The average Bonchev–Trinajstić information content (AvgIpc) is 3.26. The summed E-state index contributed by atoms with van der Waals surface area (Å²) < 4.78 is 33.0. The highest BCUT2D eigenvalue weighted by Gasteiger charge is 2.54. The maximum absolute atomic E-state index is 13.7. The van der Waals surface area contributed by atoms with Crippen molar-refractivity contribution < 1.29 is 27.8 Å². The van der Waals surface area contributed by atoms with E-state index < -0.39 is 28.1 Å². The zero-order chi connectivity index (χ0) is 25.9. The van der Waals surface area contributed by atoms with E-state index in [0.29, 0.717) is 23.4 Å². The second-order valence-corrected chi connectivity index (χ2v) is 13.9. The second-order valence-electron chi connectivity index (χ2n) is 12.0. The third-order valence-corrected chi connectivity index (χ3v) is 9.62. The summed E-state index contributed by atoms with van der Waals surface area (Å²) in [5, 5.41) is 19.7. The van der Waals surface area contributed by atoms with Crippen LogP contribution in [0.3, 0.4) is 0 Å². The molecule has 0 saturated heterocycles. The van der Waals surface area contributed by atoms with E-state index in [2.05, 4.69) is 4.72 Å². The molecule has 0 radical (unpaired) electrons. The number of benzene rings is 1. The molecule has 196 valence electrons. The minimum absolute atomic E-state index is 0.179. The van der Waals surface area contributed by atoms with E-state index in [0.717, 1.165) is 36.9 Å². The minimum Gasteiger partial charge on any atom is -0.453 e. The van der Waals surface area contributed by atoms with E-state index >= 15 is 0 Å². The van der Waals surface area contributed by atoms with Gasteiger partial charge in [-0.2, -0.15) is 0 Å². The number of sulfonamides is 1. The molecule has 2 heterocycles. The predicted molar refractivity (Wildman–Crippen MR) is 138 cm³/mol. The Labute approximate surface area is 212 Å². The lowest BCUT2D eigenvalue weighted by molar-refractivity contribution is 0.0422. The van der Waals surface area contributed by atoms with Crippen LogP contribution in [-0.2, 0) is 15.4 Å². The van der Waals surface area contributed by atoms with Crippen LogP contribution in [0.15, 0.2) is 34.7 Å². The standard InChI is InChI=1S/C27H36N2O6S/c1-25(2,3)23(31)21-6-7-22(35-21)24(32)29-17-27(12-10-26(8-9-26)11-13-27)19-16-18(4-5-20(19)29)28-36(33,34)15-14-30/h4-7,16,23,28,30-31H,8-15,17H2,1-3H3/t23-/m0/s1. The molecular formula is C27H36N2O6S. The number of hydrogen-bond donors (Lipinski definition) is 3. The number of fused-ring (bicyclic) bond motifs is 2. The molecule has 1 aliphatic heterocycles. The van der Waals surface area contributed by atoms with Gasteiger partial charge in [-0.3, -0.25) is 9.52 Å². The Bertz CT molecular complexity index is 1260. The van der Waals surface area contributed by atoms with Crippen molar-refractivity contribution in [1.82, 2.24) is 0 Å². The fourth-order valence-corrected chi connectivity index (χ4v) is 6.63. The van der Waals surface area contributed by atoms with Crippen LogP contribution < -0.4 is 9.62 Å². The van der Waals surface area contributed by atoms with E-state index in [9.17, 15) is 18.3 Å². The molecule has 1 atom stereocenters. The molecule has 2 aromatic rings. The lowest BCUT2D eigenvalue weighted by Crippen LogP contribution is -2.39. The molecule has 2 aliphatic carbocycles. The van der Waals surface area contributed by atoms with Gasteiger partial charge in [0.15, 0.2) is 5.76 Å². The zero-order valence-electron chi connectivity index (χ0n) is 21.2. The number of anilines is 2. The monoisotopic (exact) mass is 516 g/mol. The summed E-state index contributed by atoms with van der Waals surface area (Å²) in [6, 6.07) is 8.60. The van der Waals surface area contributed by atoms with Gasteiger partial charge >= 0.3 is 0 Å². The van der Waals surface area contributed by atoms with Gasteiger partial charge in [0.2, 0.25) is 10.0 Å². The Morgan fingerprint density at radius 3 is 2.39 bits per heavy atom. The molecule has 9 heteroatoms. The predicted octanol–water partition coefficient (Wildman–Crippen LogP) is 4.35. The molecule has 5 rings (SSSR count). The lowest BCUT2D eigenvalue weighted by Gasteiger charge is -2.38. The number of rotatable bonds is 6. The molecule has 0 bridgehead atoms. The van der Waals surface area contributed by atoms with Gasteiger partial charge in [-0.15, -0.1) is 0 Å². The quantitative estimate of drug-likeness (QED) is 0.525. The van der Waals surface area contributed by atoms with Crippen molar-refractivity contribution in [3.63, 3.8) is 0 Å². The SMILES string of the molecule is CC(C)(C)[C@@H](O)c1ccc(C(=O)N2CC3(CCC4(CC4)CC3)c3cc(NS(=O)(=O)CCO)ccc32)o1. The average molecular weight is 517 g/mol. The van der Waals surface area contributed by atoms with Crippen molar-refractivity contribution in [1.29, 1.82) is 0 Å². The third-order valence-electron chi connectivity index (χ3n) is 8.35. The topological polar surface area (TPSA) is 120 Å². The van der Waals surface area contributed by atoms with Gasteiger partial charge in [-0.1, -0.05) is 20.8 Å². The smallest absolute Gasteiger partial charge is 0.294 e. The summed E-state index contributed by atoms with van der Waals surface area (Å²) in [5.41, 5.74) is 1.99. The van der Waals surface area contributed by atoms with Gasteiger partial charge in [0.1, 0.15) is 11.9 Å². The second kappa shape index (κ2) is 8.60. The number of amides is 1. The van der Waals surface area contributed by atoms with Gasteiger partial charge in [0.25, 0.3) is 5.91 Å². The first kappa shape index (κ1) is 25.3. The summed E-state index contributed by atoms with van der Waals surface area (Å²) in [5.74, 6) is -0.0925. The number of aliphatic hydroxyl groups is 2. The largest absolute Gasteiger partial charge is 0.453 e. The molecule has 2 fully saturated rings. The molecule has 3 N–H and O–H groups in total. The van der Waals surface area contributed by atoms with E-state index in [-0.39, 0.29) is 22.8 Å². The summed E-state index contributed by atoms with van der Waals surface area (Å²) in [6.07, 6.45) is 5.81. The van der Waals surface area contributed by atoms with Crippen molar-refractivity contribution in [2.24, 2.45) is 10.8 Å². The first-order valence-electron chi connectivity index (χ1n) is 12.7. The molecule has 3 aliphatic rings. The highest BCUT2D eigenvalue weighted by Crippen LogP contribution is 2.62. The summed E-state index contributed by atoms with van der Waals surface area (Å²) in [6.45, 7) is 5.78. The van der Waals surface area contributed by atoms with Crippen molar-refractivity contribution in [3.8, 4) is 0 Å². The first-order chi connectivity index (χ1) is 16.9. The molecule has 2 spiro atoms. The third kappa shape index (κ3) is 4.57. The molecule has 36 heavy (non-hydrogen) atoms. The van der Waals surface area contributed by atoms with Crippen molar-refractivity contribution in [2.45, 2.75) is 70.8 Å². The Hall–Kier alpha value is -2.36. The summed E-state index contributed by atoms with van der Waals surface area (Å²) in [4.78, 5) is 15.4. The molecule has 0 unspecified atom stereocenters. The van der Waals surface area contributed by atoms with Crippen LogP contribution in [0.2, 0.25) is 0 Å². The Balaban J connectivity index is 1.47. The van der Waals surface area contributed by atoms with Gasteiger partial charge < -0.3 is 19.5 Å². The number of carbonyl (C=O) groups is 1. The summed E-state index contributed by atoms with van der Waals surface area (Å²) in [7, 11) is -3.66. The van der Waals surface area contributed by atoms with Crippen molar-refractivity contribution >= 4 is 27.3 Å². The first-order valence-corrected chi connectivity index (χ1v) is 14.4. The highest BCUT2D eigenvalue weighted by atomic mass is 32.2. The zero-order valence-corrected chi connectivity index (χ0v) is 22.0. The Kier molecular flexibility index (Phi) is 6.04. The van der Waals surface area contributed by atoms with E-state index in [1.807, 2.05) is 26.8 Å². The maximum Gasteiger partial charge on any atom is 0.294 e. The maximum atomic E-state index is 13.7. The number of nitrogens with one attached hydrogen (secondary N) is 1. The summed E-state index contributed by atoms with van der Waals surface area (Å²) >= 11 is 0. The fraction of sp³-hybridized carbons (Fsp3) is 0.593. The van der Waals surface area contributed by atoms with E-state index in [1.165, 1.54) is 12.8 Å². The van der Waals surface area contributed by atoms with Gasteiger partial charge in [-0.25, -0.2) is 8.42 Å². The van der Waals surface area contributed by atoms with Crippen LogP contribution in [0.1, 0.15) is 87.3 Å². The number of furan rings is 1. The van der Waals surface area contributed by atoms with E-state index in [1.54, 1.807) is 29.2 Å². The van der Waals surface area contributed by atoms with Crippen LogP contribution in [0, 0.1) is 10.8 Å². The Morgan fingerprint density at radius 2 is 1.78 bits per heavy atom. The minimum atomic E-state index is -3.66. The van der Waals surface area contributed by atoms with Gasteiger partial charge in [0, 0.05) is 23.3 Å². The van der Waals surface area contributed by atoms with Crippen molar-refractivity contribution in [3.05, 3.63) is 47.4 Å². The lowest BCUT2D eigenvalue weighted by atomic mass is 9.66. The Morgan fingerprint density at radius 1 is 1.11 bits per heavy atom. The van der Waals surface area contributed by atoms with Crippen LogP contribution >= 0.6 is 0 Å². The van der Waals surface area contributed by atoms with Crippen molar-refractivity contribution in [2.75, 3.05) is 28.5 Å². The molecule has 8 nitrogen and oxygen atoms in total. The van der Waals surface area contributed by atoms with Crippen LogP contribution in [0.5, 0.6) is 0 Å². The molecule has 1 amide bonds. The number of aliphatic hydroxyl groups excluding tert-OH is 2. The number of hydrogen-bond acceptors (Lipinski definition) is 6. The molecule has 2 saturated carbocycles. The number of nitrogens with zero attached hydrogens (tertiary/aromatic N) is 1. The number of carbonyl (C=O) groups excluding carboxylic acids is 1. The van der Waals surface area contributed by atoms with Gasteiger partial charge in [-0.05, 0) is 85.3 Å². The van der Waals surface area contributed by atoms with Crippen LogP contribution in [0.4, 0.5) is 11.4 Å². The highest BCUT2D eigenvalue weighted by molar-refractivity contribution is 7.92. The normalized spacial score (nSPS) is 21.0. The van der Waals surface area contributed by atoms with Crippen LogP contribution in [-0.4, -0.2) is 43.4 Å². The molecule has 1 aromatic carbocycles. The fourth-order valence-electron chi connectivity index (χ4n) is 5.80. The van der Waals surface area contributed by atoms with Gasteiger partial charge in [0.05, 0.1) is 12.4 Å². The molecular weight excluding hydrogens is 480 g/mol. The van der Waals surface area contributed by atoms with Crippen LogP contribution in [0.25, 0.3) is 0 Å². The van der Waals surface area contributed by atoms with E-state index in [4.69, 9.17) is 9.52 Å².